The lowest BCUT2D eigenvalue weighted by atomic mass is 10.3. The van der Waals surface area contributed by atoms with Crippen LogP contribution in [0.3, 0.4) is 0 Å². The number of hydrogen-bond donors (Lipinski definition) is 1. The summed E-state index contributed by atoms with van der Waals surface area (Å²) < 4.78 is 31.9. The van der Waals surface area contributed by atoms with Crippen molar-refractivity contribution in [3.8, 4) is 0 Å². The maximum atomic E-state index is 12.7. The molecule has 0 unspecified atom stereocenters. The highest BCUT2D eigenvalue weighted by molar-refractivity contribution is 7.89. The van der Waals surface area contributed by atoms with E-state index in [-0.39, 0.29) is 42.5 Å². The molecule has 1 amide bonds. The number of benzene rings is 1. The van der Waals surface area contributed by atoms with Crippen LogP contribution in [0.4, 0.5) is 5.82 Å². The van der Waals surface area contributed by atoms with Gasteiger partial charge >= 0.3 is 5.97 Å². The molecule has 2 fully saturated rings. The molecule has 2 aliphatic rings. The molecule has 1 aromatic heterocycles. The van der Waals surface area contributed by atoms with Gasteiger partial charge in [-0.15, -0.1) is 0 Å². The number of anilines is 1. The fraction of sp³-hybridized carbons (Fsp3) is 0.381. The Hall–Kier alpha value is -2.69. The number of hydrogen-bond acceptors (Lipinski definition) is 7. The first kappa shape index (κ1) is 22.5. The summed E-state index contributed by atoms with van der Waals surface area (Å²) in [7, 11) is -3.66. The average molecular weight is 479 g/mol. The molecule has 1 aromatic carbocycles. The van der Waals surface area contributed by atoms with Crippen LogP contribution in [-0.2, 0) is 19.6 Å². The number of carbonyl (C=O) groups excluding carboxylic acids is 2. The molecule has 0 radical (unpaired) electrons. The van der Waals surface area contributed by atoms with Gasteiger partial charge in [0, 0.05) is 43.4 Å². The van der Waals surface area contributed by atoms with Crippen LogP contribution in [0.2, 0.25) is 5.02 Å². The lowest BCUT2D eigenvalue weighted by Gasteiger charge is -2.33. The molecular weight excluding hydrogens is 456 g/mol. The molecule has 32 heavy (non-hydrogen) atoms. The Morgan fingerprint density at radius 3 is 2.34 bits per heavy atom. The third kappa shape index (κ3) is 5.37. The van der Waals surface area contributed by atoms with E-state index in [4.69, 9.17) is 16.3 Å². The second-order valence-electron chi connectivity index (χ2n) is 7.67. The second kappa shape index (κ2) is 9.43. The summed E-state index contributed by atoms with van der Waals surface area (Å²) in [6, 6.07) is 9.72. The minimum Gasteiger partial charge on any atom is -0.452 e. The van der Waals surface area contributed by atoms with Crippen LogP contribution in [0.15, 0.2) is 47.5 Å². The lowest BCUT2D eigenvalue weighted by Crippen LogP contribution is -2.51. The van der Waals surface area contributed by atoms with Gasteiger partial charge in [-0.05, 0) is 49.2 Å². The minimum absolute atomic E-state index is 0.155. The van der Waals surface area contributed by atoms with Crippen molar-refractivity contribution in [2.24, 2.45) is 0 Å². The molecule has 1 aliphatic carbocycles. The Bertz CT molecular complexity index is 1080. The first-order valence-corrected chi connectivity index (χ1v) is 12.1. The number of pyridine rings is 1. The summed E-state index contributed by atoms with van der Waals surface area (Å²) in [4.78, 5) is 30.4. The molecule has 170 valence electrons. The molecule has 1 saturated heterocycles. The van der Waals surface area contributed by atoms with Gasteiger partial charge in [0.2, 0.25) is 10.0 Å². The van der Waals surface area contributed by atoms with E-state index in [0.29, 0.717) is 16.9 Å². The van der Waals surface area contributed by atoms with Gasteiger partial charge in [0.05, 0.1) is 10.5 Å². The number of amides is 1. The smallest absolute Gasteiger partial charge is 0.340 e. The molecule has 0 atom stereocenters. The number of ether oxygens (including phenoxy) is 1. The lowest BCUT2D eigenvalue weighted by molar-refractivity contribution is -0.135. The molecule has 4 rings (SSSR count). The van der Waals surface area contributed by atoms with Crippen LogP contribution in [-0.4, -0.2) is 73.3 Å². The number of aromatic nitrogens is 1. The third-order valence-corrected chi connectivity index (χ3v) is 7.46. The molecule has 0 spiro atoms. The van der Waals surface area contributed by atoms with Gasteiger partial charge in [0.25, 0.3) is 5.91 Å². The van der Waals surface area contributed by atoms with Crippen LogP contribution in [0.25, 0.3) is 0 Å². The highest BCUT2D eigenvalue weighted by atomic mass is 35.5. The Labute approximate surface area is 191 Å². The Morgan fingerprint density at radius 1 is 1.06 bits per heavy atom. The van der Waals surface area contributed by atoms with Gasteiger partial charge in [0.15, 0.2) is 6.61 Å². The number of nitrogens with zero attached hydrogens (tertiary/aromatic N) is 3. The van der Waals surface area contributed by atoms with E-state index >= 15 is 0 Å². The van der Waals surface area contributed by atoms with Crippen molar-refractivity contribution >= 4 is 39.3 Å². The summed E-state index contributed by atoms with van der Waals surface area (Å²) in [6.45, 7) is 0.331. The molecule has 11 heteroatoms. The molecule has 9 nitrogen and oxygen atoms in total. The second-order valence-corrected chi connectivity index (χ2v) is 10.0. The Balaban J connectivity index is 1.25. The molecular formula is C21H23ClN4O5S. The maximum Gasteiger partial charge on any atom is 0.340 e. The van der Waals surface area contributed by atoms with Crippen molar-refractivity contribution in [3.63, 3.8) is 0 Å². The van der Waals surface area contributed by atoms with Gasteiger partial charge in [-0.25, -0.2) is 18.2 Å². The molecule has 0 bridgehead atoms. The van der Waals surface area contributed by atoms with Crippen molar-refractivity contribution in [2.45, 2.75) is 23.8 Å². The van der Waals surface area contributed by atoms with Crippen molar-refractivity contribution < 1.29 is 22.7 Å². The number of rotatable bonds is 7. The predicted molar refractivity (Wildman–Crippen MR) is 118 cm³/mol. The normalized spacial score (nSPS) is 17.1. The summed E-state index contributed by atoms with van der Waals surface area (Å²) in [5, 5.41) is 3.68. The molecule has 1 saturated carbocycles. The summed E-state index contributed by atoms with van der Waals surface area (Å²) in [5.74, 6) is -0.304. The number of halogens is 1. The van der Waals surface area contributed by atoms with Crippen molar-refractivity contribution in [1.29, 1.82) is 0 Å². The van der Waals surface area contributed by atoms with Crippen LogP contribution in [0.1, 0.15) is 23.2 Å². The van der Waals surface area contributed by atoms with E-state index in [2.05, 4.69) is 10.3 Å². The number of esters is 1. The van der Waals surface area contributed by atoms with Crippen LogP contribution < -0.4 is 5.32 Å². The molecule has 2 heterocycles. The molecule has 2 aromatic rings. The number of carbonyl (C=O) groups is 2. The largest absolute Gasteiger partial charge is 0.452 e. The van der Waals surface area contributed by atoms with Gasteiger partial charge < -0.3 is 15.0 Å². The van der Waals surface area contributed by atoms with Crippen LogP contribution in [0.5, 0.6) is 0 Å². The van der Waals surface area contributed by atoms with Crippen LogP contribution in [0, 0.1) is 0 Å². The standard InChI is InChI=1S/C21H23ClN4O5S/c22-16-2-6-18(7-3-16)32(29,30)26-11-9-25(10-12-26)20(27)14-31-21(28)15-1-8-19(23-13-15)24-17-4-5-17/h1-3,6-8,13,17H,4-5,9-12,14H2,(H,23,24). The summed E-state index contributed by atoms with van der Waals surface area (Å²) in [5.41, 5.74) is 0.262. The van der Waals surface area contributed by atoms with Gasteiger partial charge in [-0.3, -0.25) is 4.79 Å². The topological polar surface area (TPSA) is 109 Å². The summed E-state index contributed by atoms with van der Waals surface area (Å²) >= 11 is 5.82. The van der Waals surface area contributed by atoms with Gasteiger partial charge in [-0.2, -0.15) is 4.31 Å². The Kier molecular flexibility index (Phi) is 6.63. The van der Waals surface area contributed by atoms with Crippen molar-refractivity contribution in [2.75, 3.05) is 38.1 Å². The molecule has 1 aliphatic heterocycles. The van der Waals surface area contributed by atoms with E-state index in [1.807, 2.05) is 0 Å². The third-order valence-electron chi connectivity index (χ3n) is 5.30. The van der Waals surface area contributed by atoms with Crippen molar-refractivity contribution in [1.82, 2.24) is 14.2 Å². The zero-order valence-corrected chi connectivity index (χ0v) is 18.8. The SMILES string of the molecule is O=C(OCC(=O)N1CCN(S(=O)(=O)c2ccc(Cl)cc2)CC1)c1ccc(NC2CC2)nc1. The number of sulfonamides is 1. The van der Waals surface area contributed by atoms with E-state index in [0.717, 1.165) is 12.8 Å². The zero-order valence-electron chi connectivity index (χ0n) is 17.2. The monoisotopic (exact) mass is 478 g/mol. The van der Waals surface area contributed by atoms with E-state index in [9.17, 15) is 18.0 Å². The van der Waals surface area contributed by atoms with E-state index in [1.165, 1.54) is 39.7 Å². The minimum atomic E-state index is -3.66. The van der Waals surface area contributed by atoms with Crippen molar-refractivity contribution in [3.05, 3.63) is 53.2 Å². The number of piperazine rings is 1. The first-order chi connectivity index (χ1) is 15.3. The van der Waals surface area contributed by atoms with Gasteiger partial charge in [0.1, 0.15) is 5.82 Å². The summed E-state index contributed by atoms with van der Waals surface area (Å²) in [6.07, 6.45) is 3.65. The highest BCUT2D eigenvalue weighted by Crippen LogP contribution is 2.23. The van der Waals surface area contributed by atoms with Gasteiger partial charge in [-0.1, -0.05) is 11.6 Å². The average Bonchev–Trinajstić information content (AvgIpc) is 3.62. The fourth-order valence-corrected chi connectivity index (χ4v) is 4.82. The molecule has 1 N–H and O–H groups in total. The number of nitrogens with one attached hydrogen (secondary N) is 1. The predicted octanol–water partition coefficient (Wildman–Crippen LogP) is 2.00. The fourth-order valence-electron chi connectivity index (χ4n) is 3.27. The maximum absolute atomic E-state index is 12.7. The van der Waals surface area contributed by atoms with Crippen LogP contribution >= 0.6 is 11.6 Å². The van der Waals surface area contributed by atoms with E-state index in [1.54, 1.807) is 12.1 Å². The van der Waals surface area contributed by atoms with E-state index < -0.39 is 22.6 Å². The first-order valence-electron chi connectivity index (χ1n) is 10.3. The highest BCUT2D eigenvalue weighted by Gasteiger charge is 2.30. The zero-order chi connectivity index (χ0) is 22.7. The Morgan fingerprint density at radius 2 is 1.75 bits per heavy atom. The quantitative estimate of drug-likeness (QED) is 0.606.